The van der Waals surface area contributed by atoms with Gasteiger partial charge in [-0.05, 0) is 26.7 Å². The van der Waals surface area contributed by atoms with E-state index in [0.29, 0.717) is 25.9 Å². The summed E-state index contributed by atoms with van der Waals surface area (Å²) in [6.07, 6.45) is 2.84. The van der Waals surface area contributed by atoms with Crippen LogP contribution in [-0.4, -0.2) is 59.3 Å². The molecule has 0 aromatic rings. The lowest BCUT2D eigenvalue weighted by Crippen LogP contribution is -2.51. The van der Waals surface area contributed by atoms with Crippen LogP contribution < -0.4 is 5.73 Å². The molecular weight excluding hydrogens is 272 g/mol. The Labute approximate surface area is 125 Å². The number of rotatable bonds is 6. The average molecular weight is 298 g/mol. The van der Waals surface area contributed by atoms with Crippen molar-refractivity contribution in [2.45, 2.75) is 39.5 Å². The highest BCUT2D eigenvalue weighted by atomic mass is 16.4. The average Bonchev–Trinajstić information content (AvgIpc) is 2.97. The van der Waals surface area contributed by atoms with E-state index in [4.69, 9.17) is 10.9 Å². The van der Waals surface area contributed by atoms with Crippen molar-refractivity contribution < 1.29 is 14.8 Å². The van der Waals surface area contributed by atoms with Crippen LogP contribution in [0.15, 0.2) is 5.16 Å². The normalized spacial score (nSPS) is 17.6. The van der Waals surface area contributed by atoms with E-state index in [0.717, 1.165) is 12.8 Å². The Morgan fingerprint density at radius 1 is 1.24 bits per heavy atom. The fourth-order valence-electron chi connectivity index (χ4n) is 2.97. The van der Waals surface area contributed by atoms with Crippen molar-refractivity contribution in [3.05, 3.63) is 0 Å². The number of nitrogens with two attached hydrogens (primary N) is 1. The van der Waals surface area contributed by atoms with Gasteiger partial charge in [0.2, 0.25) is 11.8 Å². The number of oxime groups is 1. The predicted molar refractivity (Wildman–Crippen MR) is 79.9 cm³/mol. The molecule has 7 heteroatoms. The first kappa shape index (κ1) is 17.3. The Hall–Kier alpha value is -1.79. The molecule has 3 N–H and O–H groups in total. The van der Waals surface area contributed by atoms with E-state index in [1.807, 2.05) is 13.8 Å². The fraction of sp³-hybridized carbons (Fsp3) is 0.786. The van der Waals surface area contributed by atoms with Crippen molar-refractivity contribution in [2.75, 3.05) is 26.7 Å². The van der Waals surface area contributed by atoms with Gasteiger partial charge in [0.1, 0.15) is 5.41 Å². The molecule has 7 nitrogen and oxygen atoms in total. The maximum absolute atomic E-state index is 12.7. The van der Waals surface area contributed by atoms with E-state index >= 15 is 0 Å². The second kappa shape index (κ2) is 7.28. The monoisotopic (exact) mass is 298 g/mol. The van der Waals surface area contributed by atoms with Crippen LogP contribution >= 0.6 is 0 Å². The van der Waals surface area contributed by atoms with E-state index in [2.05, 4.69) is 5.16 Å². The highest BCUT2D eigenvalue weighted by Gasteiger charge is 2.47. The summed E-state index contributed by atoms with van der Waals surface area (Å²) in [7, 11) is 1.59. The number of hydrogen-bond donors (Lipinski definition) is 2. The zero-order valence-corrected chi connectivity index (χ0v) is 13.1. The summed E-state index contributed by atoms with van der Waals surface area (Å²) in [5, 5.41) is 12.0. The van der Waals surface area contributed by atoms with Crippen LogP contribution in [0, 0.1) is 5.41 Å². The van der Waals surface area contributed by atoms with Gasteiger partial charge in [0.05, 0.1) is 6.54 Å². The van der Waals surface area contributed by atoms with E-state index in [-0.39, 0.29) is 24.2 Å². The number of amides is 2. The standard InChI is InChI=1S/C14H26N4O3/c1-4-18(5-2)11(19)10-17(3)13(20)14(12(15)16-21)8-6-7-9-14/h21H,4-10H2,1-3H3,(H2,15,16). The lowest BCUT2D eigenvalue weighted by molar-refractivity contribution is -0.143. The van der Waals surface area contributed by atoms with Crippen molar-refractivity contribution in [3.63, 3.8) is 0 Å². The third kappa shape index (κ3) is 3.46. The van der Waals surface area contributed by atoms with Crippen molar-refractivity contribution >= 4 is 17.6 Å². The van der Waals surface area contributed by atoms with Crippen LogP contribution in [0.3, 0.4) is 0 Å². The topological polar surface area (TPSA) is 99.2 Å². The minimum atomic E-state index is -0.951. The zero-order valence-electron chi connectivity index (χ0n) is 13.1. The molecule has 0 bridgehead atoms. The quantitative estimate of drug-likeness (QED) is 0.325. The first-order chi connectivity index (χ1) is 9.92. The summed E-state index contributed by atoms with van der Waals surface area (Å²) in [4.78, 5) is 27.9. The van der Waals surface area contributed by atoms with E-state index in [1.54, 1.807) is 11.9 Å². The Morgan fingerprint density at radius 3 is 2.19 bits per heavy atom. The van der Waals surface area contributed by atoms with Gasteiger partial charge in [-0.1, -0.05) is 18.0 Å². The zero-order chi connectivity index (χ0) is 16.0. The lowest BCUT2D eigenvalue weighted by atomic mass is 9.83. The number of hydrogen-bond acceptors (Lipinski definition) is 4. The molecule has 0 aliphatic heterocycles. The molecule has 21 heavy (non-hydrogen) atoms. The van der Waals surface area contributed by atoms with Crippen LogP contribution in [0.2, 0.25) is 0 Å². The first-order valence-electron chi connectivity index (χ1n) is 7.44. The van der Waals surface area contributed by atoms with Gasteiger partial charge >= 0.3 is 0 Å². The summed E-state index contributed by atoms with van der Waals surface area (Å²) < 4.78 is 0. The maximum atomic E-state index is 12.7. The number of amidine groups is 1. The Kier molecular flexibility index (Phi) is 5.99. The molecule has 0 aromatic carbocycles. The van der Waals surface area contributed by atoms with Crippen molar-refractivity contribution in [1.29, 1.82) is 0 Å². The van der Waals surface area contributed by atoms with Gasteiger partial charge in [0, 0.05) is 20.1 Å². The third-order valence-corrected chi connectivity index (χ3v) is 4.30. The molecule has 0 radical (unpaired) electrons. The number of carbonyl (C=O) groups excluding carboxylic acids is 2. The molecule has 1 saturated carbocycles. The second-order valence-electron chi connectivity index (χ2n) is 5.50. The molecular formula is C14H26N4O3. The highest BCUT2D eigenvalue weighted by Crippen LogP contribution is 2.39. The fourth-order valence-corrected chi connectivity index (χ4v) is 2.97. The highest BCUT2D eigenvalue weighted by molar-refractivity contribution is 6.07. The number of carbonyl (C=O) groups is 2. The molecule has 1 aliphatic carbocycles. The van der Waals surface area contributed by atoms with Crippen LogP contribution in [0.25, 0.3) is 0 Å². The third-order valence-electron chi connectivity index (χ3n) is 4.30. The van der Waals surface area contributed by atoms with Gasteiger partial charge in [-0.15, -0.1) is 0 Å². The van der Waals surface area contributed by atoms with Crippen molar-refractivity contribution in [2.24, 2.45) is 16.3 Å². The van der Waals surface area contributed by atoms with Crippen LogP contribution in [0.1, 0.15) is 39.5 Å². The SMILES string of the molecule is CCN(CC)C(=O)CN(C)C(=O)C1(C(N)=NO)CCCC1. The first-order valence-corrected chi connectivity index (χ1v) is 7.44. The number of likely N-dealkylation sites (N-methyl/N-ethyl adjacent to an activating group) is 2. The van der Waals surface area contributed by atoms with Crippen molar-refractivity contribution in [3.8, 4) is 0 Å². The summed E-state index contributed by atoms with van der Waals surface area (Å²) in [5.74, 6) is -0.383. The summed E-state index contributed by atoms with van der Waals surface area (Å²) in [5.41, 5.74) is 4.80. The van der Waals surface area contributed by atoms with Crippen LogP contribution in [0.5, 0.6) is 0 Å². The molecule has 0 heterocycles. The predicted octanol–water partition coefficient (Wildman–Crippen LogP) is 0.620. The molecule has 0 spiro atoms. The molecule has 120 valence electrons. The Balaban J connectivity index is 2.83. The molecule has 0 atom stereocenters. The Bertz CT molecular complexity index is 412. The minimum Gasteiger partial charge on any atom is -0.409 e. The summed E-state index contributed by atoms with van der Waals surface area (Å²) in [6.45, 7) is 5.04. The molecule has 0 unspecified atom stereocenters. The molecule has 1 fully saturated rings. The molecule has 1 aliphatic rings. The molecule has 0 saturated heterocycles. The molecule has 0 aromatic heterocycles. The van der Waals surface area contributed by atoms with Crippen LogP contribution in [-0.2, 0) is 9.59 Å². The van der Waals surface area contributed by atoms with E-state index in [9.17, 15) is 9.59 Å². The molecule has 2 amide bonds. The summed E-state index contributed by atoms with van der Waals surface area (Å²) in [6, 6.07) is 0. The smallest absolute Gasteiger partial charge is 0.242 e. The second-order valence-corrected chi connectivity index (χ2v) is 5.50. The largest absolute Gasteiger partial charge is 0.409 e. The van der Waals surface area contributed by atoms with E-state index < -0.39 is 5.41 Å². The van der Waals surface area contributed by atoms with Gasteiger partial charge in [-0.2, -0.15) is 0 Å². The van der Waals surface area contributed by atoms with Crippen LogP contribution in [0.4, 0.5) is 0 Å². The van der Waals surface area contributed by atoms with Crippen molar-refractivity contribution in [1.82, 2.24) is 9.80 Å². The summed E-state index contributed by atoms with van der Waals surface area (Å²) >= 11 is 0. The van der Waals surface area contributed by atoms with Gasteiger partial charge in [-0.3, -0.25) is 9.59 Å². The Morgan fingerprint density at radius 2 is 1.76 bits per heavy atom. The van der Waals surface area contributed by atoms with Gasteiger partial charge in [0.25, 0.3) is 0 Å². The van der Waals surface area contributed by atoms with Gasteiger partial charge < -0.3 is 20.7 Å². The van der Waals surface area contributed by atoms with Gasteiger partial charge in [0.15, 0.2) is 5.84 Å². The lowest BCUT2D eigenvalue weighted by Gasteiger charge is -2.32. The van der Waals surface area contributed by atoms with E-state index in [1.165, 1.54) is 4.90 Å². The minimum absolute atomic E-state index is 0.0149. The number of nitrogens with zero attached hydrogens (tertiary/aromatic N) is 3. The maximum Gasteiger partial charge on any atom is 0.242 e. The molecule has 1 rings (SSSR count). The van der Waals surface area contributed by atoms with Gasteiger partial charge in [-0.25, -0.2) is 0 Å².